The van der Waals surface area contributed by atoms with Crippen molar-refractivity contribution < 1.29 is 5.11 Å². The van der Waals surface area contributed by atoms with Crippen LogP contribution in [0.3, 0.4) is 0 Å². The lowest BCUT2D eigenvalue weighted by molar-refractivity contribution is 0.350. The van der Waals surface area contributed by atoms with Crippen LogP contribution in [0, 0.1) is 17.8 Å². The lowest BCUT2D eigenvalue weighted by atomic mass is 9.97. The number of aromatic nitrogens is 3. The number of anilines is 1. The first kappa shape index (κ1) is 21.0. The number of aliphatic hydroxyl groups excluding tert-OH is 1. The third-order valence-corrected chi connectivity index (χ3v) is 5.19. The summed E-state index contributed by atoms with van der Waals surface area (Å²) in [5.74, 6) is 7.93. The van der Waals surface area contributed by atoms with Gasteiger partial charge in [-0.05, 0) is 49.6 Å². The van der Waals surface area contributed by atoms with Crippen molar-refractivity contribution in [3.8, 4) is 23.2 Å². The smallest absolute Gasteiger partial charge is 0.162 e. The van der Waals surface area contributed by atoms with Gasteiger partial charge in [0.1, 0.15) is 12.4 Å². The summed E-state index contributed by atoms with van der Waals surface area (Å²) in [6.45, 7) is 2.41. The zero-order valence-corrected chi connectivity index (χ0v) is 16.9. The van der Waals surface area contributed by atoms with Crippen LogP contribution in [0.25, 0.3) is 22.3 Å². The molecule has 7 heteroatoms. The number of piperidine rings is 1. The molecule has 29 heavy (non-hydrogen) atoms. The van der Waals surface area contributed by atoms with E-state index < -0.39 is 0 Å². The van der Waals surface area contributed by atoms with E-state index in [4.69, 9.17) is 20.8 Å². The van der Waals surface area contributed by atoms with Crippen LogP contribution in [0.1, 0.15) is 18.4 Å². The molecule has 0 amide bonds. The summed E-state index contributed by atoms with van der Waals surface area (Å²) in [6.07, 6.45) is 5.62. The first-order chi connectivity index (χ1) is 13.8. The predicted octanol–water partition coefficient (Wildman–Crippen LogP) is 2.63. The van der Waals surface area contributed by atoms with Gasteiger partial charge in [-0.2, -0.15) is 0 Å². The summed E-state index contributed by atoms with van der Waals surface area (Å²) in [7, 11) is 0. The Hall–Kier alpha value is -2.72. The molecule has 1 aliphatic heterocycles. The SMILES string of the molecule is Cl.NCC1CCN(c2nc(-c3ccncc3)nc3c(C#CCO)cccc23)CC1. The van der Waals surface area contributed by atoms with Crippen molar-refractivity contribution >= 4 is 29.1 Å². The number of fused-ring (bicyclic) bond motifs is 1. The van der Waals surface area contributed by atoms with Crippen LogP contribution in [0.2, 0.25) is 0 Å². The fourth-order valence-corrected chi connectivity index (χ4v) is 3.62. The highest BCUT2D eigenvalue weighted by Crippen LogP contribution is 2.31. The average molecular weight is 410 g/mol. The van der Waals surface area contributed by atoms with Gasteiger partial charge in [0.25, 0.3) is 0 Å². The average Bonchev–Trinajstić information content (AvgIpc) is 2.77. The molecule has 1 aromatic carbocycles. The molecular formula is C22H24ClN5O. The standard InChI is InChI=1S/C22H23N5O.ClH/c23-15-16-8-12-27(13-9-16)22-19-5-1-3-17(4-2-14-28)20(19)25-21(26-22)18-6-10-24-11-7-18;/h1,3,5-7,10-11,16,28H,8-9,12-15,23H2;1H. The van der Waals surface area contributed by atoms with E-state index in [0.29, 0.717) is 11.7 Å². The number of hydrogen-bond acceptors (Lipinski definition) is 6. The maximum atomic E-state index is 9.11. The number of aliphatic hydroxyl groups is 1. The highest BCUT2D eigenvalue weighted by atomic mass is 35.5. The van der Waals surface area contributed by atoms with Crippen LogP contribution in [0.15, 0.2) is 42.7 Å². The van der Waals surface area contributed by atoms with Crippen LogP contribution in [-0.2, 0) is 0 Å². The predicted molar refractivity (Wildman–Crippen MR) is 118 cm³/mol. The number of rotatable bonds is 3. The molecule has 0 radical (unpaired) electrons. The summed E-state index contributed by atoms with van der Waals surface area (Å²) in [5, 5.41) is 10.1. The Balaban J connectivity index is 0.00000240. The molecule has 1 saturated heterocycles. The van der Waals surface area contributed by atoms with E-state index in [1.807, 2.05) is 30.3 Å². The second kappa shape index (κ2) is 9.66. The fraction of sp³-hybridized carbons (Fsp3) is 0.318. The third kappa shape index (κ3) is 4.48. The van der Waals surface area contributed by atoms with Gasteiger partial charge >= 0.3 is 0 Å². The molecule has 6 nitrogen and oxygen atoms in total. The van der Waals surface area contributed by atoms with Gasteiger partial charge in [-0.3, -0.25) is 4.98 Å². The van der Waals surface area contributed by atoms with Crippen molar-refractivity contribution in [3.05, 3.63) is 48.3 Å². The van der Waals surface area contributed by atoms with Gasteiger partial charge in [0, 0.05) is 36.4 Å². The molecule has 150 valence electrons. The van der Waals surface area contributed by atoms with E-state index in [2.05, 4.69) is 21.7 Å². The first-order valence-electron chi connectivity index (χ1n) is 9.56. The van der Waals surface area contributed by atoms with Gasteiger partial charge in [0.15, 0.2) is 5.82 Å². The lowest BCUT2D eigenvalue weighted by Crippen LogP contribution is -2.36. The maximum absolute atomic E-state index is 9.11. The van der Waals surface area contributed by atoms with Crippen LogP contribution in [0.4, 0.5) is 5.82 Å². The Kier molecular flexibility index (Phi) is 6.99. The maximum Gasteiger partial charge on any atom is 0.162 e. The van der Waals surface area contributed by atoms with Gasteiger partial charge in [-0.25, -0.2) is 9.97 Å². The third-order valence-electron chi connectivity index (χ3n) is 5.19. The van der Waals surface area contributed by atoms with Crippen molar-refractivity contribution in [3.63, 3.8) is 0 Å². The van der Waals surface area contributed by atoms with Gasteiger partial charge in [0.05, 0.1) is 11.1 Å². The Morgan fingerprint density at radius 3 is 2.55 bits per heavy atom. The van der Waals surface area contributed by atoms with Crippen LogP contribution in [0.5, 0.6) is 0 Å². The van der Waals surface area contributed by atoms with Gasteiger partial charge < -0.3 is 15.7 Å². The minimum Gasteiger partial charge on any atom is -0.384 e. The minimum atomic E-state index is -0.182. The van der Waals surface area contributed by atoms with E-state index in [-0.39, 0.29) is 19.0 Å². The Bertz CT molecular complexity index is 1020. The quantitative estimate of drug-likeness (QED) is 0.646. The summed E-state index contributed by atoms with van der Waals surface area (Å²) >= 11 is 0. The summed E-state index contributed by atoms with van der Waals surface area (Å²) in [4.78, 5) is 16.2. The zero-order chi connectivity index (χ0) is 19.3. The Labute approximate surface area is 176 Å². The lowest BCUT2D eigenvalue weighted by Gasteiger charge is -2.33. The minimum absolute atomic E-state index is 0. The van der Waals surface area contributed by atoms with Gasteiger partial charge in [0.2, 0.25) is 0 Å². The molecule has 1 fully saturated rings. The largest absolute Gasteiger partial charge is 0.384 e. The molecule has 2 aromatic heterocycles. The topological polar surface area (TPSA) is 88.2 Å². The van der Waals surface area contributed by atoms with Crippen molar-refractivity contribution in [2.45, 2.75) is 12.8 Å². The number of nitrogens with two attached hydrogens (primary N) is 1. The van der Waals surface area contributed by atoms with E-state index in [9.17, 15) is 0 Å². The van der Waals surface area contributed by atoms with Crippen LogP contribution >= 0.6 is 12.4 Å². The van der Waals surface area contributed by atoms with E-state index in [1.165, 1.54) is 0 Å². The van der Waals surface area contributed by atoms with Crippen molar-refractivity contribution in [1.82, 2.24) is 15.0 Å². The first-order valence-corrected chi connectivity index (χ1v) is 9.56. The number of halogens is 1. The van der Waals surface area contributed by atoms with Crippen molar-refractivity contribution in [2.75, 3.05) is 31.1 Å². The Morgan fingerprint density at radius 2 is 1.86 bits per heavy atom. The molecule has 0 saturated carbocycles. The highest BCUT2D eigenvalue weighted by molar-refractivity contribution is 5.94. The molecule has 0 aliphatic carbocycles. The van der Waals surface area contributed by atoms with E-state index in [0.717, 1.165) is 60.3 Å². The molecule has 0 unspecified atom stereocenters. The number of hydrogen-bond donors (Lipinski definition) is 2. The van der Waals surface area contributed by atoms with E-state index >= 15 is 0 Å². The molecule has 0 atom stereocenters. The number of pyridine rings is 1. The van der Waals surface area contributed by atoms with Crippen LogP contribution < -0.4 is 10.6 Å². The fourth-order valence-electron chi connectivity index (χ4n) is 3.62. The van der Waals surface area contributed by atoms with Crippen molar-refractivity contribution in [1.29, 1.82) is 0 Å². The van der Waals surface area contributed by atoms with Gasteiger partial charge in [-0.15, -0.1) is 12.4 Å². The number of benzene rings is 1. The molecule has 4 rings (SSSR count). The van der Waals surface area contributed by atoms with E-state index in [1.54, 1.807) is 12.4 Å². The zero-order valence-electron chi connectivity index (χ0n) is 16.1. The molecule has 3 aromatic rings. The second-order valence-electron chi connectivity index (χ2n) is 6.93. The molecule has 0 spiro atoms. The van der Waals surface area contributed by atoms with Crippen LogP contribution in [-0.4, -0.2) is 46.3 Å². The monoisotopic (exact) mass is 409 g/mol. The summed E-state index contributed by atoms with van der Waals surface area (Å²) in [6, 6.07) is 9.76. The number of para-hydroxylation sites is 1. The number of nitrogens with zero attached hydrogens (tertiary/aromatic N) is 4. The normalized spacial score (nSPS) is 14.2. The molecule has 0 bridgehead atoms. The van der Waals surface area contributed by atoms with Gasteiger partial charge in [-0.1, -0.05) is 17.9 Å². The molecular weight excluding hydrogens is 386 g/mol. The molecule has 3 heterocycles. The summed E-state index contributed by atoms with van der Waals surface area (Å²) < 4.78 is 0. The Morgan fingerprint density at radius 1 is 1.10 bits per heavy atom. The second-order valence-corrected chi connectivity index (χ2v) is 6.93. The van der Waals surface area contributed by atoms with Crippen molar-refractivity contribution in [2.24, 2.45) is 11.7 Å². The highest BCUT2D eigenvalue weighted by Gasteiger charge is 2.22. The molecule has 1 aliphatic rings. The summed E-state index contributed by atoms with van der Waals surface area (Å²) in [5.41, 5.74) is 8.38. The molecule has 3 N–H and O–H groups in total.